The van der Waals surface area contributed by atoms with Crippen LogP contribution in [0.2, 0.25) is 0 Å². The standard InChI is InChI=1S/C19H20N8OS/c1-26(10-13-6-7-21-25-13)22-9-14-15(11-28)27(2)19-18(14)29-17(24-19)8-12-4-3-5-16(20)23-12/h3-7,9,11H,8,10H2,1-2H3,(H2,20,23)(H,21,25)/b22-9-. The third kappa shape index (κ3) is 3.87. The van der Waals surface area contributed by atoms with Gasteiger partial charge in [0.2, 0.25) is 0 Å². The molecule has 0 bridgehead atoms. The lowest BCUT2D eigenvalue weighted by atomic mass is 10.3. The van der Waals surface area contributed by atoms with Crippen molar-refractivity contribution < 1.29 is 4.79 Å². The average Bonchev–Trinajstić information content (AvgIpc) is 3.39. The Labute approximate surface area is 170 Å². The molecule has 0 aromatic carbocycles. The number of thiazole rings is 1. The molecule has 0 fully saturated rings. The summed E-state index contributed by atoms with van der Waals surface area (Å²) in [6.45, 7) is 0.557. The van der Waals surface area contributed by atoms with Gasteiger partial charge in [-0.3, -0.25) is 14.9 Å². The minimum absolute atomic E-state index is 0.486. The Kier molecular flexibility index (Phi) is 5.09. The van der Waals surface area contributed by atoms with Gasteiger partial charge in [0, 0.05) is 38.0 Å². The highest BCUT2D eigenvalue weighted by molar-refractivity contribution is 7.19. The molecule has 4 heterocycles. The van der Waals surface area contributed by atoms with E-state index >= 15 is 0 Å². The van der Waals surface area contributed by atoms with E-state index < -0.39 is 0 Å². The Morgan fingerprint density at radius 1 is 1.31 bits per heavy atom. The third-order valence-electron chi connectivity index (χ3n) is 4.46. The summed E-state index contributed by atoms with van der Waals surface area (Å²) in [6.07, 6.45) is 4.89. The van der Waals surface area contributed by atoms with Crippen LogP contribution in [0, 0.1) is 0 Å². The van der Waals surface area contributed by atoms with Gasteiger partial charge in [-0.15, -0.1) is 11.3 Å². The number of fused-ring (bicyclic) bond motifs is 1. The van der Waals surface area contributed by atoms with E-state index in [4.69, 9.17) is 10.7 Å². The molecule has 4 aromatic rings. The fraction of sp³-hybridized carbons (Fsp3) is 0.211. The van der Waals surface area contributed by atoms with E-state index in [2.05, 4.69) is 20.3 Å². The van der Waals surface area contributed by atoms with Crippen LogP contribution in [0.25, 0.3) is 10.3 Å². The summed E-state index contributed by atoms with van der Waals surface area (Å²) in [5, 5.41) is 14.1. The van der Waals surface area contributed by atoms with Crippen molar-refractivity contribution in [2.24, 2.45) is 12.1 Å². The van der Waals surface area contributed by atoms with Crippen molar-refractivity contribution in [2.75, 3.05) is 12.8 Å². The largest absolute Gasteiger partial charge is 0.384 e. The van der Waals surface area contributed by atoms with E-state index in [9.17, 15) is 4.79 Å². The summed E-state index contributed by atoms with van der Waals surface area (Å²) in [5.41, 5.74) is 9.57. The molecule has 10 heteroatoms. The molecule has 4 aromatic heterocycles. The molecular formula is C19H20N8OS. The number of aromatic nitrogens is 5. The number of aldehydes is 1. The van der Waals surface area contributed by atoms with Crippen LogP contribution in [0.3, 0.4) is 0 Å². The van der Waals surface area contributed by atoms with Crippen LogP contribution < -0.4 is 5.73 Å². The number of aryl methyl sites for hydroxylation is 1. The quantitative estimate of drug-likeness (QED) is 0.275. The molecule has 3 N–H and O–H groups in total. The highest BCUT2D eigenvalue weighted by atomic mass is 32.1. The van der Waals surface area contributed by atoms with E-state index in [1.807, 2.05) is 32.3 Å². The Bertz CT molecular complexity index is 1170. The number of carbonyl (C=O) groups excluding carboxylic acids is 1. The smallest absolute Gasteiger partial charge is 0.167 e. The molecule has 0 spiro atoms. The van der Waals surface area contributed by atoms with E-state index in [1.54, 1.807) is 28.1 Å². The molecule has 0 aliphatic rings. The number of hydrogen-bond donors (Lipinski definition) is 2. The molecule has 0 aliphatic heterocycles. The molecular weight excluding hydrogens is 388 g/mol. The van der Waals surface area contributed by atoms with Crippen molar-refractivity contribution in [3.05, 3.63) is 58.1 Å². The first-order valence-corrected chi connectivity index (χ1v) is 9.75. The Hall–Kier alpha value is -3.53. The van der Waals surface area contributed by atoms with Crippen LogP contribution in [0.15, 0.2) is 35.6 Å². The number of aromatic amines is 1. The fourth-order valence-corrected chi connectivity index (χ4v) is 4.20. The Balaban J connectivity index is 1.64. The van der Waals surface area contributed by atoms with Crippen molar-refractivity contribution >= 4 is 40.0 Å². The maximum Gasteiger partial charge on any atom is 0.167 e. The van der Waals surface area contributed by atoms with Gasteiger partial charge >= 0.3 is 0 Å². The molecule has 9 nitrogen and oxygen atoms in total. The van der Waals surface area contributed by atoms with Crippen molar-refractivity contribution in [3.8, 4) is 0 Å². The molecule has 148 valence electrons. The number of rotatable bonds is 7. The van der Waals surface area contributed by atoms with Gasteiger partial charge in [-0.25, -0.2) is 9.97 Å². The summed E-state index contributed by atoms with van der Waals surface area (Å²) >= 11 is 1.53. The van der Waals surface area contributed by atoms with Crippen LogP contribution in [0.4, 0.5) is 5.82 Å². The van der Waals surface area contributed by atoms with Gasteiger partial charge in [-0.2, -0.15) is 10.2 Å². The lowest BCUT2D eigenvalue weighted by Gasteiger charge is -2.10. The zero-order chi connectivity index (χ0) is 20.4. The van der Waals surface area contributed by atoms with Crippen molar-refractivity contribution in [1.29, 1.82) is 0 Å². The molecule has 0 saturated heterocycles. The molecule has 29 heavy (non-hydrogen) atoms. The van der Waals surface area contributed by atoms with Gasteiger partial charge in [-0.05, 0) is 18.2 Å². The number of nitrogens with one attached hydrogen (secondary N) is 1. The van der Waals surface area contributed by atoms with E-state index in [0.29, 0.717) is 24.5 Å². The fourth-order valence-electron chi connectivity index (χ4n) is 3.07. The summed E-state index contributed by atoms with van der Waals surface area (Å²) in [4.78, 5) is 20.7. The van der Waals surface area contributed by atoms with Crippen LogP contribution in [0.5, 0.6) is 0 Å². The highest BCUT2D eigenvalue weighted by Crippen LogP contribution is 2.30. The van der Waals surface area contributed by atoms with Gasteiger partial charge < -0.3 is 10.3 Å². The topological polar surface area (TPSA) is 118 Å². The second-order valence-corrected chi connectivity index (χ2v) is 7.68. The van der Waals surface area contributed by atoms with Gasteiger partial charge in [-0.1, -0.05) is 6.07 Å². The number of nitrogen functional groups attached to an aromatic ring is 1. The van der Waals surface area contributed by atoms with E-state index in [-0.39, 0.29) is 0 Å². The lowest BCUT2D eigenvalue weighted by Crippen LogP contribution is -2.11. The minimum Gasteiger partial charge on any atom is -0.384 e. The van der Waals surface area contributed by atoms with Gasteiger partial charge in [0.1, 0.15) is 10.8 Å². The second kappa shape index (κ2) is 7.84. The Morgan fingerprint density at radius 3 is 2.90 bits per heavy atom. The van der Waals surface area contributed by atoms with Crippen molar-refractivity contribution in [3.63, 3.8) is 0 Å². The first kappa shape index (κ1) is 18.8. The maximum atomic E-state index is 11.7. The molecule has 0 radical (unpaired) electrons. The predicted octanol–water partition coefficient (Wildman–Crippen LogP) is 2.20. The summed E-state index contributed by atoms with van der Waals surface area (Å²) < 4.78 is 2.72. The van der Waals surface area contributed by atoms with Crippen molar-refractivity contribution in [1.82, 2.24) is 29.7 Å². The van der Waals surface area contributed by atoms with Crippen molar-refractivity contribution in [2.45, 2.75) is 13.0 Å². The van der Waals surface area contributed by atoms with Crippen LogP contribution in [-0.2, 0) is 20.0 Å². The monoisotopic (exact) mass is 408 g/mol. The van der Waals surface area contributed by atoms with Gasteiger partial charge in [0.25, 0.3) is 0 Å². The first-order valence-electron chi connectivity index (χ1n) is 8.93. The second-order valence-electron chi connectivity index (χ2n) is 6.59. The normalized spacial score (nSPS) is 11.5. The van der Waals surface area contributed by atoms with Gasteiger partial charge in [0.15, 0.2) is 11.9 Å². The Morgan fingerprint density at radius 2 is 2.17 bits per heavy atom. The zero-order valence-electron chi connectivity index (χ0n) is 16.0. The molecule has 0 unspecified atom stereocenters. The van der Waals surface area contributed by atoms with E-state index in [1.165, 1.54) is 11.3 Å². The predicted molar refractivity (Wildman–Crippen MR) is 113 cm³/mol. The molecule has 0 amide bonds. The van der Waals surface area contributed by atoms with E-state index in [0.717, 1.165) is 38.6 Å². The van der Waals surface area contributed by atoms with Gasteiger partial charge in [0.05, 0.1) is 28.8 Å². The van der Waals surface area contributed by atoms with Crippen LogP contribution in [0.1, 0.15) is 32.4 Å². The van der Waals surface area contributed by atoms with Crippen LogP contribution in [-0.4, -0.2) is 49.3 Å². The minimum atomic E-state index is 0.486. The number of anilines is 1. The zero-order valence-corrected chi connectivity index (χ0v) is 16.8. The third-order valence-corrected chi connectivity index (χ3v) is 5.54. The number of nitrogens with zero attached hydrogens (tertiary/aromatic N) is 6. The lowest BCUT2D eigenvalue weighted by molar-refractivity contribution is 0.111. The number of carbonyl (C=O) groups is 1. The maximum absolute atomic E-state index is 11.7. The number of pyridine rings is 1. The number of H-pyrrole nitrogens is 1. The molecule has 0 atom stereocenters. The number of hydrogen-bond acceptors (Lipinski definition) is 8. The molecule has 4 rings (SSSR count). The summed E-state index contributed by atoms with van der Waals surface area (Å²) in [5.74, 6) is 0.486. The number of nitrogens with two attached hydrogens (primary N) is 1. The number of hydrazone groups is 1. The first-order chi connectivity index (χ1) is 14.0. The summed E-state index contributed by atoms with van der Waals surface area (Å²) in [7, 11) is 3.69. The molecule has 0 saturated carbocycles. The highest BCUT2D eigenvalue weighted by Gasteiger charge is 2.18. The average molecular weight is 408 g/mol. The SMILES string of the molecule is CN(Cc1cc[nH]n1)/N=C\c1c(C=O)n(C)c2nc(Cc3cccc(N)n3)sc12. The molecule has 0 aliphatic carbocycles. The summed E-state index contributed by atoms with van der Waals surface area (Å²) in [6, 6.07) is 7.45. The van der Waals surface area contributed by atoms with Crippen LogP contribution >= 0.6 is 11.3 Å².